The maximum Gasteiger partial charge on any atom is 0.272 e. The molecular formula is C26H46N6O2. The first kappa shape index (κ1) is 26.7. The molecule has 4 rings (SSSR count). The van der Waals surface area contributed by atoms with Crippen molar-refractivity contribution in [1.29, 1.82) is 0 Å². The Hall–Kier alpha value is -1.93. The van der Waals surface area contributed by atoms with Gasteiger partial charge in [-0.25, -0.2) is 0 Å². The summed E-state index contributed by atoms with van der Waals surface area (Å²) in [5.41, 5.74) is 0.571. The number of carbonyl (C=O) groups excluding carboxylic acids is 2. The smallest absolute Gasteiger partial charge is 0.272 e. The Morgan fingerprint density at radius 3 is 2.38 bits per heavy atom. The topological polar surface area (TPSA) is 82.5 Å². The molecule has 1 saturated heterocycles. The molecule has 2 fully saturated rings. The van der Waals surface area contributed by atoms with E-state index in [-0.39, 0.29) is 17.9 Å². The fourth-order valence-corrected chi connectivity index (χ4v) is 5.17. The number of aryl methyl sites for hydroxylation is 1. The van der Waals surface area contributed by atoms with E-state index in [9.17, 15) is 9.59 Å². The summed E-state index contributed by atoms with van der Waals surface area (Å²) in [5, 5.41) is 10.9. The van der Waals surface area contributed by atoms with E-state index in [0.717, 1.165) is 31.5 Å². The molecule has 8 heteroatoms. The van der Waals surface area contributed by atoms with Gasteiger partial charge in [-0.1, -0.05) is 39.0 Å². The second-order valence-corrected chi connectivity index (χ2v) is 10.3. The third-order valence-corrected chi connectivity index (χ3v) is 7.72. The van der Waals surface area contributed by atoms with Gasteiger partial charge in [0.25, 0.3) is 5.91 Å². The molecule has 0 bridgehead atoms. The van der Waals surface area contributed by atoms with E-state index >= 15 is 0 Å². The minimum atomic E-state index is -0.895. The van der Waals surface area contributed by atoms with E-state index in [4.69, 9.17) is 0 Å². The molecule has 1 aliphatic carbocycles. The molecule has 2 amide bonds. The summed E-state index contributed by atoms with van der Waals surface area (Å²) in [6, 6.07) is 2.06. The van der Waals surface area contributed by atoms with Gasteiger partial charge >= 0.3 is 0 Å². The number of hydrogen-bond acceptors (Lipinski definition) is 5. The Morgan fingerprint density at radius 1 is 1.12 bits per heavy atom. The van der Waals surface area contributed by atoms with E-state index in [1.165, 1.54) is 64.6 Å². The van der Waals surface area contributed by atoms with Crippen LogP contribution in [0.15, 0.2) is 6.07 Å². The van der Waals surface area contributed by atoms with E-state index in [0.29, 0.717) is 12.2 Å². The lowest BCUT2D eigenvalue weighted by molar-refractivity contribution is -0.133. The number of carbonyl (C=O) groups is 2. The molecule has 8 nitrogen and oxygen atoms in total. The zero-order chi connectivity index (χ0) is 24.6. The third kappa shape index (κ3) is 6.60. The second-order valence-electron chi connectivity index (χ2n) is 10.3. The van der Waals surface area contributed by atoms with Crippen LogP contribution >= 0.6 is 0 Å². The molecule has 1 saturated carbocycles. The molecule has 2 aliphatic heterocycles. The van der Waals surface area contributed by atoms with Crippen molar-refractivity contribution < 1.29 is 9.59 Å². The molecule has 1 atom stereocenters. The largest absolute Gasteiger partial charge is 0.351 e. The van der Waals surface area contributed by atoms with Gasteiger partial charge < -0.3 is 20.4 Å². The van der Waals surface area contributed by atoms with Crippen molar-refractivity contribution in [2.45, 2.75) is 96.2 Å². The fourth-order valence-electron chi connectivity index (χ4n) is 5.17. The molecule has 34 heavy (non-hydrogen) atoms. The van der Waals surface area contributed by atoms with Gasteiger partial charge in [-0.2, -0.15) is 5.10 Å². The molecule has 3 heterocycles. The van der Waals surface area contributed by atoms with Gasteiger partial charge in [-0.05, 0) is 65.2 Å². The Balaban J connectivity index is 0.000000271. The summed E-state index contributed by atoms with van der Waals surface area (Å²) in [5.74, 6) is -0.198. The average Bonchev–Trinajstić information content (AvgIpc) is 3.09. The number of fused-ring (bicyclic) bond motifs is 1. The molecule has 0 spiro atoms. The maximum atomic E-state index is 13.0. The number of likely N-dealkylation sites (N-methyl/N-ethyl adjacent to an activating group) is 2. The van der Waals surface area contributed by atoms with Crippen LogP contribution in [-0.2, 0) is 17.8 Å². The normalized spacial score (nSPS) is 24.1. The van der Waals surface area contributed by atoms with Crippen LogP contribution in [0.5, 0.6) is 0 Å². The molecule has 1 aromatic heterocycles. The summed E-state index contributed by atoms with van der Waals surface area (Å²) < 4.78 is 1.70. The first-order valence-electron chi connectivity index (χ1n) is 13.4. The van der Waals surface area contributed by atoms with Crippen molar-refractivity contribution >= 4 is 11.8 Å². The van der Waals surface area contributed by atoms with Crippen LogP contribution < -0.4 is 10.6 Å². The Morgan fingerprint density at radius 2 is 1.76 bits per heavy atom. The van der Waals surface area contributed by atoms with Crippen LogP contribution in [-0.4, -0.2) is 83.2 Å². The summed E-state index contributed by atoms with van der Waals surface area (Å²) in [6.45, 7) is 9.27. The number of amides is 2. The van der Waals surface area contributed by atoms with E-state index in [1.807, 2.05) is 27.0 Å². The number of piperidine rings is 1. The second kappa shape index (κ2) is 12.7. The molecule has 0 aromatic carbocycles. The molecule has 2 N–H and O–H groups in total. The highest BCUT2D eigenvalue weighted by molar-refractivity contribution is 5.99. The fraction of sp³-hybridized carbons (Fsp3) is 0.808. The van der Waals surface area contributed by atoms with Crippen LogP contribution in [0.25, 0.3) is 0 Å². The molecule has 0 radical (unpaired) electrons. The van der Waals surface area contributed by atoms with E-state index in [1.54, 1.807) is 16.6 Å². The number of aromatic nitrogens is 2. The van der Waals surface area contributed by atoms with Crippen LogP contribution in [0.4, 0.5) is 0 Å². The standard InChI is InChI=1S/C18H28N4O2.C8H18N2/c1-4-13-11-15-16(23)21(3)18(2,12-22(15)20-13)17(24)19-14-9-7-5-6-8-10-14;1-9-5-8-10-6-3-2-4-7-10/h11,14H,4-10,12H2,1-3H3,(H,19,24);9H,2-8H2,1H3. The Bertz CT molecular complexity index is 795. The summed E-state index contributed by atoms with van der Waals surface area (Å²) >= 11 is 0. The lowest BCUT2D eigenvalue weighted by Gasteiger charge is -2.41. The van der Waals surface area contributed by atoms with Crippen molar-refractivity contribution in [2.75, 3.05) is 40.3 Å². The number of nitrogens with one attached hydrogen (secondary N) is 2. The van der Waals surface area contributed by atoms with Crippen LogP contribution in [0.2, 0.25) is 0 Å². The number of hydrogen-bond donors (Lipinski definition) is 2. The average molecular weight is 475 g/mol. The predicted octanol–water partition coefficient (Wildman–Crippen LogP) is 2.82. The lowest BCUT2D eigenvalue weighted by atomic mass is 9.95. The lowest BCUT2D eigenvalue weighted by Crippen LogP contribution is -2.63. The first-order valence-corrected chi connectivity index (χ1v) is 13.4. The van der Waals surface area contributed by atoms with Crippen molar-refractivity contribution in [1.82, 2.24) is 30.2 Å². The number of likely N-dealkylation sites (tertiary alicyclic amines) is 1. The van der Waals surface area contributed by atoms with Crippen molar-refractivity contribution in [3.05, 3.63) is 17.5 Å². The van der Waals surface area contributed by atoms with Gasteiger partial charge in [0, 0.05) is 26.2 Å². The third-order valence-electron chi connectivity index (χ3n) is 7.72. The quantitative estimate of drug-likeness (QED) is 0.620. The van der Waals surface area contributed by atoms with E-state index in [2.05, 4.69) is 20.6 Å². The molecule has 1 aromatic rings. The Kier molecular flexibility index (Phi) is 9.95. The van der Waals surface area contributed by atoms with Crippen LogP contribution in [0.3, 0.4) is 0 Å². The van der Waals surface area contributed by atoms with Gasteiger partial charge in [0.2, 0.25) is 5.91 Å². The highest BCUT2D eigenvalue weighted by Crippen LogP contribution is 2.27. The minimum absolute atomic E-state index is 0.0653. The minimum Gasteiger partial charge on any atom is -0.351 e. The SMILES string of the molecule is CCc1cc2n(n1)CC(C)(C(=O)NC1CCCCCC1)N(C)C2=O.CNCCN1CCCCC1. The predicted molar refractivity (Wildman–Crippen MR) is 136 cm³/mol. The van der Waals surface area contributed by atoms with Gasteiger partial charge in [-0.15, -0.1) is 0 Å². The van der Waals surface area contributed by atoms with Crippen LogP contribution in [0, 0.1) is 0 Å². The highest BCUT2D eigenvalue weighted by Gasteiger charge is 2.46. The van der Waals surface area contributed by atoms with Gasteiger partial charge in [0.1, 0.15) is 11.2 Å². The summed E-state index contributed by atoms with van der Waals surface area (Å²) in [6.07, 6.45) is 11.9. The molecule has 1 unspecified atom stereocenters. The number of nitrogens with zero attached hydrogens (tertiary/aromatic N) is 4. The summed E-state index contributed by atoms with van der Waals surface area (Å²) in [7, 11) is 3.74. The molecule has 192 valence electrons. The monoisotopic (exact) mass is 474 g/mol. The van der Waals surface area contributed by atoms with Gasteiger partial charge in [0.05, 0.1) is 12.2 Å². The van der Waals surface area contributed by atoms with Crippen molar-refractivity contribution in [2.24, 2.45) is 0 Å². The summed E-state index contributed by atoms with van der Waals surface area (Å²) in [4.78, 5) is 29.8. The zero-order valence-corrected chi connectivity index (χ0v) is 21.9. The van der Waals surface area contributed by atoms with E-state index < -0.39 is 5.54 Å². The zero-order valence-electron chi connectivity index (χ0n) is 21.9. The van der Waals surface area contributed by atoms with Crippen molar-refractivity contribution in [3.63, 3.8) is 0 Å². The highest BCUT2D eigenvalue weighted by atomic mass is 16.2. The number of rotatable bonds is 6. The van der Waals surface area contributed by atoms with Gasteiger partial charge in [-0.3, -0.25) is 14.3 Å². The first-order chi connectivity index (χ1) is 16.4. The Labute approximate surface area is 205 Å². The van der Waals surface area contributed by atoms with Crippen molar-refractivity contribution in [3.8, 4) is 0 Å². The molecular weight excluding hydrogens is 428 g/mol. The molecule has 3 aliphatic rings. The van der Waals surface area contributed by atoms with Crippen LogP contribution in [0.1, 0.15) is 87.8 Å². The maximum absolute atomic E-state index is 13.0. The van der Waals surface area contributed by atoms with Gasteiger partial charge in [0.15, 0.2) is 0 Å².